The highest BCUT2D eigenvalue weighted by atomic mass is 35.5. The summed E-state index contributed by atoms with van der Waals surface area (Å²) in [6.45, 7) is 3.27. The van der Waals surface area contributed by atoms with E-state index in [2.05, 4.69) is 0 Å². The van der Waals surface area contributed by atoms with Crippen molar-refractivity contribution in [3.8, 4) is 0 Å². The summed E-state index contributed by atoms with van der Waals surface area (Å²) in [5, 5.41) is -0.828. The van der Waals surface area contributed by atoms with Gasteiger partial charge in [0, 0.05) is 5.54 Å². The Morgan fingerprint density at radius 3 is 2.27 bits per heavy atom. The molecule has 2 N–H and O–H groups in total. The van der Waals surface area contributed by atoms with E-state index in [0.29, 0.717) is 0 Å². The molecule has 0 aromatic heterocycles. The molecule has 0 amide bonds. The van der Waals surface area contributed by atoms with Crippen LogP contribution in [0.3, 0.4) is 0 Å². The lowest BCUT2D eigenvalue weighted by Crippen LogP contribution is -2.34. The van der Waals surface area contributed by atoms with E-state index >= 15 is 0 Å². The lowest BCUT2D eigenvalue weighted by molar-refractivity contribution is 0.457. The van der Waals surface area contributed by atoms with Gasteiger partial charge in [-0.3, -0.25) is 0 Å². The van der Waals surface area contributed by atoms with Gasteiger partial charge in [0.2, 0.25) is 0 Å². The molecule has 84 valence electrons. The second kappa shape index (κ2) is 4.02. The molecule has 5 heteroatoms. The normalized spacial score (nSPS) is 11.9. The Labute approximate surface area is 91.0 Å². The largest absolute Gasteiger partial charge is 0.325 e. The van der Waals surface area contributed by atoms with Gasteiger partial charge in [-0.05, 0) is 31.9 Å². The zero-order chi connectivity index (χ0) is 11.8. The van der Waals surface area contributed by atoms with E-state index in [4.69, 9.17) is 17.3 Å². The van der Waals surface area contributed by atoms with Crippen molar-refractivity contribution in [2.24, 2.45) is 5.73 Å². The van der Waals surface area contributed by atoms with E-state index in [1.165, 1.54) is 0 Å². The number of benzene rings is 1. The molecule has 0 fully saturated rings. The maximum Gasteiger partial charge on any atom is 0.180 e. The van der Waals surface area contributed by atoms with Gasteiger partial charge in [0.25, 0.3) is 0 Å². The van der Waals surface area contributed by atoms with Crippen LogP contribution in [0.5, 0.6) is 0 Å². The minimum Gasteiger partial charge on any atom is -0.325 e. The van der Waals surface area contributed by atoms with Crippen LogP contribution in [0.15, 0.2) is 6.07 Å². The van der Waals surface area contributed by atoms with Gasteiger partial charge in [0.05, 0.1) is 0 Å². The maximum absolute atomic E-state index is 13.3. The Balaban J connectivity index is 3.21. The van der Waals surface area contributed by atoms with Gasteiger partial charge in [0.15, 0.2) is 11.6 Å². The van der Waals surface area contributed by atoms with Gasteiger partial charge >= 0.3 is 0 Å². The number of nitrogens with two attached hydrogens (primary N) is 1. The van der Waals surface area contributed by atoms with Crippen molar-refractivity contribution in [3.63, 3.8) is 0 Å². The molecule has 0 heterocycles. The Kier molecular flexibility index (Phi) is 3.31. The SMILES string of the molecule is CC(C)(N)Cc1cc(F)c(Cl)c(F)c1F. The fraction of sp³-hybridized carbons (Fsp3) is 0.400. The van der Waals surface area contributed by atoms with Gasteiger partial charge in [-0.25, -0.2) is 13.2 Å². The number of hydrogen-bond acceptors (Lipinski definition) is 1. The smallest absolute Gasteiger partial charge is 0.180 e. The average molecular weight is 238 g/mol. The quantitative estimate of drug-likeness (QED) is 0.621. The zero-order valence-corrected chi connectivity index (χ0v) is 9.13. The third-order valence-corrected chi connectivity index (χ3v) is 2.17. The lowest BCUT2D eigenvalue weighted by atomic mass is 9.96. The first kappa shape index (κ1) is 12.3. The second-order valence-corrected chi connectivity index (χ2v) is 4.50. The van der Waals surface area contributed by atoms with Gasteiger partial charge in [-0.1, -0.05) is 11.6 Å². The van der Waals surface area contributed by atoms with Crippen LogP contribution >= 0.6 is 11.6 Å². The predicted octanol–water partition coefficient (Wildman–Crippen LogP) is 3.04. The van der Waals surface area contributed by atoms with E-state index in [-0.39, 0.29) is 12.0 Å². The molecule has 15 heavy (non-hydrogen) atoms. The van der Waals surface area contributed by atoms with Crippen molar-refractivity contribution >= 4 is 11.6 Å². The Morgan fingerprint density at radius 1 is 1.27 bits per heavy atom. The molecule has 0 spiro atoms. The molecule has 1 aromatic rings. The Morgan fingerprint density at radius 2 is 1.80 bits per heavy atom. The first-order valence-electron chi connectivity index (χ1n) is 4.33. The number of halogens is 4. The van der Waals surface area contributed by atoms with Crippen LogP contribution in [0.1, 0.15) is 19.4 Å². The lowest BCUT2D eigenvalue weighted by Gasteiger charge is -2.19. The van der Waals surface area contributed by atoms with Gasteiger partial charge in [-0.2, -0.15) is 0 Å². The van der Waals surface area contributed by atoms with Crippen LogP contribution < -0.4 is 5.73 Å². The van der Waals surface area contributed by atoms with Crippen LogP contribution in [0.2, 0.25) is 5.02 Å². The molecule has 0 bridgehead atoms. The van der Waals surface area contributed by atoms with Crippen LogP contribution in [-0.4, -0.2) is 5.54 Å². The Hall–Kier alpha value is -0.740. The molecule has 0 atom stereocenters. The van der Waals surface area contributed by atoms with Crippen LogP contribution in [0.25, 0.3) is 0 Å². The van der Waals surface area contributed by atoms with Crippen molar-refractivity contribution < 1.29 is 13.2 Å². The summed E-state index contributed by atoms with van der Waals surface area (Å²) in [7, 11) is 0. The zero-order valence-electron chi connectivity index (χ0n) is 8.37. The fourth-order valence-electron chi connectivity index (χ4n) is 1.24. The van der Waals surface area contributed by atoms with E-state index in [9.17, 15) is 13.2 Å². The fourth-order valence-corrected chi connectivity index (χ4v) is 1.38. The molecule has 1 aromatic carbocycles. The van der Waals surface area contributed by atoms with E-state index in [1.54, 1.807) is 13.8 Å². The Bertz CT molecular complexity index is 385. The summed E-state index contributed by atoms with van der Waals surface area (Å²) in [5.74, 6) is -3.48. The van der Waals surface area contributed by atoms with Crippen LogP contribution in [0.4, 0.5) is 13.2 Å². The minimum atomic E-state index is -1.36. The van der Waals surface area contributed by atoms with Crippen molar-refractivity contribution in [1.29, 1.82) is 0 Å². The van der Waals surface area contributed by atoms with E-state index < -0.39 is 28.0 Å². The van der Waals surface area contributed by atoms with Crippen molar-refractivity contribution in [2.45, 2.75) is 25.8 Å². The molecule has 0 aliphatic heterocycles. The van der Waals surface area contributed by atoms with Gasteiger partial charge in [-0.15, -0.1) is 0 Å². The first-order valence-corrected chi connectivity index (χ1v) is 4.71. The summed E-state index contributed by atoms with van der Waals surface area (Å²) in [6, 6.07) is 0.870. The third kappa shape index (κ3) is 2.86. The summed E-state index contributed by atoms with van der Waals surface area (Å²) in [4.78, 5) is 0. The number of rotatable bonds is 2. The van der Waals surface area contributed by atoms with Crippen molar-refractivity contribution in [3.05, 3.63) is 34.1 Å². The molecule has 0 aliphatic carbocycles. The highest BCUT2D eigenvalue weighted by Crippen LogP contribution is 2.25. The summed E-state index contributed by atoms with van der Waals surface area (Å²) >= 11 is 5.20. The summed E-state index contributed by atoms with van der Waals surface area (Å²) < 4.78 is 39.3. The second-order valence-electron chi connectivity index (χ2n) is 4.12. The molecular formula is C10H11ClF3N. The highest BCUT2D eigenvalue weighted by molar-refractivity contribution is 6.30. The van der Waals surface area contributed by atoms with Gasteiger partial charge < -0.3 is 5.73 Å². The predicted molar refractivity (Wildman–Crippen MR) is 53.3 cm³/mol. The molecule has 0 radical (unpaired) electrons. The maximum atomic E-state index is 13.3. The molecule has 0 unspecified atom stereocenters. The summed E-state index contributed by atoms with van der Waals surface area (Å²) in [5.41, 5.74) is 4.78. The minimum absolute atomic E-state index is 0.0316. The van der Waals surface area contributed by atoms with Crippen molar-refractivity contribution in [1.82, 2.24) is 0 Å². The van der Waals surface area contributed by atoms with E-state index in [0.717, 1.165) is 6.07 Å². The molecule has 1 nitrogen and oxygen atoms in total. The average Bonchev–Trinajstić information content (AvgIpc) is 2.08. The molecule has 0 saturated heterocycles. The first-order chi connectivity index (χ1) is 6.72. The number of hydrogen-bond donors (Lipinski definition) is 1. The topological polar surface area (TPSA) is 26.0 Å². The highest BCUT2D eigenvalue weighted by Gasteiger charge is 2.21. The standard InChI is InChI=1S/C10H11ClF3N/c1-10(2,15)4-5-3-6(12)7(11)9(14)8(5)13/h3H,4,15H2,1-2H3. The molecule has 0 aliphatic rings. The summed E-state index contributed by atoms with van der Waals surface area (Å²) in [6.07, 6.45) is 0.0316. The van der Waals surface area contributed by atoms with Crippen LogP contribution in [-0.2, 0) is 6.42 Å². The molecule has 0 saturated carbocycles. The van der Waals surface area contributed by atoms with E-state index in [1.807, 2.05) is 0 Å². The third-order valence-electron chi connectivity index (χ3n) is 1.82. The van der Waals surface area contributed by atoms with Crippen LogP contribution in [0, 0.1) is 17.5 Å². The monoisotopic (exact) mass is 237 g/mol. The van der Waals surface area contributed by atoms with Gasteiger partial charge in [0.1, 0.15) is 10.8 Å². The van der Waals surface area contributed by atoms with Crippen molar-refractivity contribution in [2.75, 3.05) is 0 Å². The molecule has 1 rings (SSSR count). The molecular weight excluding hydrogens is 227 g/mol.